The number of methoxy groups -OCH3 is 1. The molecule has 0 heterocycles. The quantitative estimate of drug-likeness (QED) is 0.774. The molecule has 1 unspecified atom stereocenters. The maximum absolute atomic E-state index is 11.8. The summed E-state index contributed by atoms with van der Waals surface area (Å²) in [4.78, 5) is 11.8. The van der Waals surface area contributed by atoms with Crippen LogP contribution in [0.5, 0.6) is 5.75 Å². The van der Waals surface area contributed by atoms with Crippen LogP contribution in [-0.2, 0) is 11.2 Å². The van der Waals surface area contributed by atoms with E-state index in [0.29, 0.717) is 31.7 Å². The highest BCUT2D eigenvalue weighted by atomic mass is 16.5. The number of carbonyl (C=O) groups excluding carboxylic acids is 1. The molecule has 2 N–H and O–H groups in total. The maximum atomic E-state index is 11.8. The van der Waals surface area contributed by atoms with Crippen LogP contribution in [-0.4, -0.2) is 30.3 Å². The van der Waals surface area contributed by atoms with E-state index in [9.17, 15) is 9.90 Å². The molecule has 4 nitrogen and oxygen atoms in total. The Morgan fingerprint density at radius 2 is 2.14 bits per heavy atom. The van der Waals surface area contributed by atoms with E-state index in [1.165, 1.54) is 0 Å². The molecular formula is C17H27NO3. The van der Waals surface area contributed by atoms with E-state index >= 15 is 0 Å². The molecule has 1 atom stereocenters. The largest absolute Gasteiger partial charge is 0.497 e. The van der Waals surface area contributed by atoms with Gasteiger partial charge in [0.15, 0.2) is 0 Å². The van der Waals surface area contributed by atoms with E-state index < -0.39 is 5.60 Å². The van der Waals surface area contributed by atoms with Crippen LogP contribution in [0.3, 0.4) is 0 Å². The number of ether oxygens (including phenoxy) is 1. The summed E-state index contributed by atoms with van der Waals surface area (Å²) in [6.07, 6.45) is 1.74. The Balaban J connectivity index is 2.37. The van der Waals surface area contributed by atoms with Crippen LogP contribution in [0.4, 0.5) is 0 Å². The van der Waals surface area contributed by atoms with Gasteiger partial charge in [-0.2, -0.15) is 0 Å². The number of aliphatic hydroxyl groups is 1. The van der Waals surface area contributed by atoms with Gasteiger partial charge in [0.2, 0.25) is 5.91 Å². The van der Waals surface area contributed by atoms with Crippen molar-refractivity contribution in [2.45, 2.75) is 45.6 Å². The number of amides is 1. The SMILES string of the molecule is COc1cccc(CCC(=O)NCC(C)(O)CC(C)C)c1. The summed E-state index contributed by atoms with van der Waals surface area (Å²) >= 11 is 0. The van der Waals surface area contributed by atoms with Crippen molar-refractivity contribution in [3.63, 3.8) is 0 Å². The molecule has 0 aliphatic heterocycles. The molecule has 0 aromatic heterocycles. The van der Waals surface area contributed by atoms with Gasteiger partial charge in [-0.25, -0.2) is 0 Å². The van der Waals surface area contributed by atoms with Crippen molar-refractivity contribution in [3.8, 4) is 5.75 Å². The minimum atomic E-state index is -0.847. The second kappa shape index (κ2) is 8.03. The molecule has 0 saturated heterocycles. The second-order valence-electron chi connectivity index (χ2n) is 6.22. The van der Waals surface area contributed by atoms with E-state index in [1.54, 1.807) is 14.0 Å². The Morgan fingerprint density at radius 3 is 2.76 bits per heavy atom. The van der Waals surface area contributed by atoms with Gasteiger partial charge in [-0.05, 0) is 43.4 Å². The first-order valence-electron chi connectivity index (χ1n) is 7.44. The van der Waals surface area contributed by atoms with Crippen molar-refractivity contribution in [1.82, 2.24) is 5.32 Å². The summed E-state index contributed by atoms with van der Waals surface area (Å²) < 4.78 is 5.16. The Bertz CT molecular complexity index is 455. The average Bonchev–Trinajstić information content (AvgIpc) is 2.42. The van der Waals surface area contributed by atoms with E-state index in [1.807, 2.05) is 24.3 Å². The molecule has 0 bridgehead atoms. The highest BCUT2D eigenvalue weighted by Gasteiger charge is 2.22. The van der Waals surface area contributed by atoms with Crippen LogP contribution in [0, 0.1) is 5.92 Å². The van der Waals surface area contributed by atoms with Crippen molar-refractivity contribution in [2.24, 2.45) is 5.92 Å². The van der Waals surface area contributed by atoms with Crippen LogP contribution in [0.1, 0.15) is 39.2 Å². The number of benzene rings is 1. The van der Waals surface area contributed by atoms with Gasteiger partial charge >= 0.3 is 0 Å². The van der Waals surface area contributed by atoms with Crippen molar-refractivity contribution < 1.29 is 14.6 Å². The molecule has 0 saturated carbocycles. The normalized spacial score (nSPS) is 13.8. The van der Waals surface area contributed by atoms with Crippen molar-refractivity contribution in [3.05, 3.63) is 29.8 Å². The molecule has 1 aromatic rings. The zero-order chi connectivity index (χ0) is 15.9. The van der Waals surface area contributed by atoms with Crippen molar-refractivity contribution >= 4 is 5.91 Å². The predicted molar refractivity (Wildman–Crippen MR) is 84.4 cm³/mol. The summed E-state index contributed by atoms with van der Waals surface area (Å²) in [7, 11) is 1.63. The van der Waals surface area contributed by atoms with Gasteiger partial charge in [-0.15, -0.1) is 0 Å². The zero-order valence-electron chi connectivity index (χ0n) is 13.5. The predicted octanol–water partition coefficient (Wildman–Crippen LogP) is 2.54. The van der Waals surface area contributed by atoms with Gasteiger partial charge in [-0.3, -0.25) is 4.79 Å². The smallest absolute Gasteiger partial charge is 0.220 e. The van der Waals surface area contributed by atoms with Crippen LogP contribution < -0.4 is 10.1 Å². The minimum absolute atomic E-state index is 0.0400. The van der Waals surface area contributed by atoms with Crippen LogP contribution in [0.15, 0.2) is 24.3 Å². The first-order chi connectivity index (χ1) is 9.82. The van der Waals surface area contributed by atoms with E-state index in [2.05, 4.69) is 19.2 Å². The number of hydrogen-bond donors (Lipinski definition) is 2. The van der Waals surface area contributed by atoms with Crippen molar-refractivity contribution in [2.75, 3.05) is 13.7 Å². The number of rotatable bonds is 8. The van der Waals surface area contributed by atoms with Gasteiger partial charge in [0.1, 0.15) is 5.75 Å². The molecule has 1 amide bonds. The molecule has 0 radical (unpaired) electrons. The van der Waals surface area contributed by atoms with Crippen LogP contribution >= 0.6 is 0 Å². The summed E-state index contributed by atoms with van der Waals surface area (Å²) in [5, 5.41) is 13.0. The highest BCUT2D eigenvalue weighted by molar-refractivity contribution is 5.76. The van der Waals surface area contributed by atoms with Gasteiger partial charge in [0.25, 0.3) is 0 Å². The summed E-state index contributed by atoms with van der Waals surface area (Å²) in [6.45, 7) is 6.16. The summed E-state index contributed by atoms with van der Waals surface area (Å²) in [6, 6.07) is 7.71. The first-order valence-corrected chi connectivity index (χ1v) is 7.44. The molecule has 21 heavy (non-hydrogen) atoms. The number of carbonyl (C=O) groups is 1. The van der Waals surface area contributed by atoms with Crippen LogP contribution in [0.25, 0.3) is 0 Å². The van der Waals surface area contributed by atoms with Gasteiger partial charge < -0.3 is 15.2 Å². The lowest BCUT2D eigenvalue weighted by Gasteiger charge is -2.25. The summed E-state index contributed by atoms with van der Waals surface area (Å²) in [5.41, 5.74) is 0.221. The van der Waals surface area contributed by atoms with Gasteiger partial charge in [0.05, 0.1) is 12.7 Å². The molecule has 0 aliphatic carbocycles. The molecular weight excluding hydrogens is 266 g/mol. The molecule has 0 aliphatic rings. The highest BCUT2D eigenvalue weighted by Crippen LogP contribution is 2.16. The molecule has 1 rings (SSSR count). The van der Waals surface area contributed by atoms with E-state index in [-0.39, 0.29) is 5.91 Å². The Morgan fingerprint density at radius 1 is 1.43 bits per heavy atom. The molecule has 4 heteroatoms. The lowest BCUT2D eigenvalue weighted by molar-refractivity contribution is -0.122. The first kappa shape index (κ1) is 17.5. The molecule has 118 valence electrons. The summed E-state index contributed by atoms with van der Waals surface area (Å²) in [5.74, 6) is 1.16. The molecule has 1 aromatic carbocycles. The third-order valence-corrected chi connectivity index (χ3v) is 3.29. The minimum Gasteiger partial charge on any atom is -0.497 e. The topological polar surface area (TPSA) is 58.6 Å². The standard InChI is InChI=1S/C17H27NO3/c1-13(2)11-17(3,20)12-18-16(19)9-8-14-6-5-7-15(10-14)21-4/h5-7,10,13,20H,8-9,11-12H2,1-4H3,(H,18,19). The van der Waals surface area contributed by atoms with Gasteiger partial charge in [0, 0.05) is 13.0 Å². The third kappa shape index (κ3) is 7.14. The Kier molecular flexibility index (Phi) is 6.69. The number of aryl methyl sites for hydroxylation is 1. The maximum Gasteiger partial charge on any atom is 0.220 e. The van der Waals surface area contributed by atoms with Gasteiger partial charge in [-0.1, -0.05) is 26.0 Å². The second-order valence-corrected chi connectivity index (χ2v) is 6.22. The van der Waals surface area contributed by atoms with E-state index in [0.717, 1.165) is 11.3 Å². The van der Waals surface area contributed by atoms with Crippen molar-refractivity contribution in [1.29, 1.82) is 0 Å². The average molecular weight is 293 g/mol. The lowest BCUT2D eigenvalue weighted by atomic mass is 9.94. The Hall–Kier alpha value is -1.55. The fourth-order valence-corrected chi connectivity index (χ4v) is 2.41. The number of hydrogen-bond acceptors (Lipinski definition) is 3. The molecule has 0 fully saturated rings. The number of nitrogens with one attached hydrogen (secondary N) is 1. The fraction of sp³-hybridized carbons (Fsp3) is 0.588. The molecule has 0 spiro atoms. The monoisotopic (exact) mass is 293 g/mol. The lowest BCUT2D eigenvalue weighted by Crippen LogP contribution is -2.41. The zero-order valence-corrected chi connectivity index (χ0v) is 13.5. The fourth-order valence-electron chi connectivity index (χ4n) is 2.41. The van der Waals surface area contributed by atoms with Crippen LogP contribution in [0.2, 0.25) is 0 Å². The third-order valence-electron chi connectivity index (χ3n) is 3.29. The van der Waals surface area contributed by atoms with E-state index in [4.69, 9.17) is 4.74 Å². The Labute approximate surface area is 127 Å².